The van der Waals surface area contributed by atoms with Crippen molar-refractivity contribution in [2.75, 3.05) is 5.32 Å². The van der Waals surface area contributed by atoms with Gasteiger partial charge in [-0.25, -0.2) is 4.98 Å². The van der Waals surface area contributed by atoms with Gasteiger partial charge in [0.25, 0.3) is 0 Å². The Morgan fingerprint density at radius 3 is 2.75 bits per heavy atom. The van der Waals surface area contributed by atoms with Gasteiger partial charge in [-0.05, 0) is 17.7 Å². The zero-order valence-electron chi connectivity index (χ0n) is 14.9. The van der Waals surface area contributed by atoms with Gasteiger partial charge in [-0.2, -0.15) is 5.26 Å². The van der Waals surface area contributed by atoms with E-state index in [1.165, 1.54) is 0 Å². The van der Waals surface area contributed by atoms with Gasteiger partial charge < -0.3 is 15.5 Å². The van der Waals surface area contributed by atoms with Gasteiger partial charge in [0, 0.05) is 59.7 Å². The zero-order valence-corrected chi connectivity index (χ0v) is 15.7. The Balaban J connectivity index is 1.96. The lowest BCUT2D eigenvalue weighted by Gasteiger charge is -2.19. The van der Waals surface area contributed by atoms with E-state index in [4.69, 9.17) is 17.3 Å². The predicted molar refractivity (Wildman–Crippen MR) is 110 cm³/mol. The van der Waals surface area contributed by atoms with Crippen LogP contribution in [0.1, 0.15) is 16.8 Å². The first-order chi connectivity index (χ1) is 13.7. The lowest BCUT2D eigenvalue weighted by atomic mass is 9.96. The number of nitrogens with two attached hydrogens (primary N) is 1. The van der Waals surface area contributed by atoms with Crippen LogP contribution < -0.4 is 11.1 Å². The number of nitrogens with zero attached hydrogens (tertiary/aromatic N) is 4. The number of rotatable bonds is 5. The highest BCUT2D eigenvalue weighted by atomic mass is 35.5. The topological polar surface area (TPSA) is 92.0 Å². The van der Waals surface area contributed by atoms with Crippen molar-refractivity contribution in [3.63, 3.8) is 0 Å². The Morgan fingerprint density at radius 2 is 2.04 bits per heavy atom. The second-order valence-corrected chi connectivity index (χ2v) is 6.61. The molecule has 0 aliphatic rings. The van der Waals surface area contributed by atoms with E-state index in [0.29, 0.717) is 28.5 Å². The predicted octanol–water partition coefficient (Wildman–Crippen LogP) is 3.99. The number of hydrogen-bond donors (Lipinski definition) is 2. The molecule has 7 heteroatoms. The Labute approximate surface area is 167 Å². The first-order valence-corrected chi connectivity index (χ1v) is 9.12. The van der Waals surface area contributed by atoms with Crippen molar-refractivity contribution in [1.82, 2.24) is 14.4 Å². The maximum absolute atomic E-state index is 10.0. The van der Waals surface area contributed by atoms with Gasteiger partial charge >= 0.3 is 0 Å². The number of pyridine rings is 2. The average molecular weight is 389 g/mol. The lowest BCUT2D eigenvalue weighted by molar-refractivity contribution is 0.946. The molecule has 0 radical (unpaired) electrons. The molecule has 0 spiro atoms. The smallest absolute Gasteiger partial charge is 0.161 e. The highest BCUT2D eigenvalue weighted by Crippen LogP contribution is 2.38. The molecule has 0 unspecified atom stereocenters. The minimum atomic E-state index is 0.241. The Morgan fingerprint density at radius 1 is 1.18 bits per heavy atom. The summed E-state index contributed by atoms with van der Waals surface area (Å²) < 4.78 is 1.91. The first kappa shape index (κ1) is 18.0. The SMILES string of the molecule is N#Cc1c(-c2ccccc2Cl)c(CN)n2ccnc2c1NCc1cccnc1. The van der Waals surface area contributed by atoms with Crippen LogP contribution in [0.2, 0.25) is 5.02 Å². The Bertz CT molecular complexity index is 1180. The van der Waals surface area contributed by atoms with Crippen molar-refractivity contribution in [1.29, 1.82) is 5.26 Å². The Kier molecular flexibility index (Phi) is 4.94. The lowest BCUT2D eigenvalue weighted by Crippen LogP contribution is -2.12. The number of fused-ring (bicyclic) bond motifs is 1. The molecule has 138 valence electrons. The summed E-state index contributed by atoms with van der Waals surface area (Å²) in [6, 6.07) is 13.6. The fourth-order valence-corrected chi connectivity index (χ4v) is 3.56. The number of imidazole rings is 1. The molecule has 3 aromatic heterocycles. The number of nitriles is 1. The van der Waals surface area contributed by atoms with Gasteiger partial charge in [-0.15, -0.1) is 0 Å². The van der Waals surface area contributed by atoms with Crippen LogP contribution in [-0.2, 0) is 13.1 Å². The van der Waals surface area contributed by atoms with Crippen LogP contribution in [0.4, 0.5) is 5.69 Å². The highest BCUT2D eigenvalue weighted by Gasteiger charge is 2.22. The van der Waals surface area contributed by atoms with Crippen molar-refractivity contribution in [2.24, 2.45) is 5.73 Å². The first-order valence-electron chi connectivity index (χ1n) is 8.74. The summed E-state index contributed by atoms with van der Waals surface area (Å²) in [6.45, 7) is 0.750. The summed E-state index contributed by atoms with van der Waals surface area (Å²) in [4.78, 5) is 8.59. The molecule has 3 heterocycles. The van der Waals surface area contributed by atoms with Gasteiger partial charge in [-0.3, -0.25) is 4.98 Å². The molecule has 3 N–H and O–H groups in total. The molecule has 6 nitrogen and oxygen atoms in total. The van der Waals surface area contributed by atoms with Gasteiger partial charge in [0.15, 0.2) is 5.65 Å². The molecule has 0 saturated carbocycles. The molecule has 0 amide bonds. The molecular weight excluding hydrogens is 372 g/mol. The minimum Gasteiger partial charge on any atom is -0.377 e. The third-order valence-corrected chi connectivity index (χ3v) is 4.91. The molecule has 0 fully saturated rings. The van der Waals surface area contributed by atoms with E-state index in [1.807, 2.05) is 40.9 Å². The molecule has 4 rings (SSSR count). The quantitative estimate of drug-likeness (QED) is 0.539. The Hall–Kier alpha value is -3.40. The normalized spacial score (nSPS) is 10.8. The third kappa shape index (κ3) is 3.07. The van der Waals surface area contributed by atoms with Gasteiger partial charge in [-0.1, -0.05) is 35.9 Å². The van der Waals surface area contributed by atoms with Gasteiger partial charge in [0.1, 0.15) is 6.07 Å². The average Bonchev–Trinajstić information content (AvgIpc) is 3.22. The summed E-state index contributed by atoms with van der Waals surface area (Å²) in [5, 5.41) is 14.0. The second-order valence-electron chi connectivity index (χ2n) is 6.20. The van der Waals surface area contributed by atoms with Gasteiger partial charge in [0.2, 0.25) is 0 Å². The van der Waals surface area contributed by atoms with E-state index < -0.39 is 0 Å². The second kappa shape index (κ2) is 7.69. The minimum absolute atomic E-state index is 0.241. The number of nitrogens with one attached hydrogen (secondary N) is 1. The van der Waals surface area contributed by atoms with Crippen LogP contribution >= 0.6 is 11.6 Å². The third-order valence-electron chi connectivity index (χ3n) is 4.58. The monoisotopic (exact) mass is 388 g/mol. The number of hydrogen-bond acceptors (Lipinski definition) is 5. The van der Waals surface area contributed by atoms with Crippen LogP contribution in [-0.4, -0.2) is 14.4 Å². The molecule has 0 atom stereocenters. The van der Waals surface area contributed by atoms with Crippen LogP contribution in [0.3, 0.4) is 0 Å². The van der Waals surface area contributed by atoms with Crippen molar-refractivity contribution < 1.29 is 0 Å². The van der Waals surface area contributed by atoms with E-state index in [9.17, 15) is 5.26 Å². The van der Waals surface area contributed by atoms with E-state index in [2.05, 4.69) is 21.4 Å². The molecule has 28 heavy (non-hydrogen) atoms. The zero-order chi connectivity index (χ0) is 19.5. The number of anilines is 1. The summed E-state index contributed by atoms with van der Waals surface area (Å²) in [7, 11) is 0. The summed E-state index contributed by atoms with van der Waals surface area (Å²) in [5.41, 5.74) is 11.1. The molecule has 0 aliphatic carbocycles. The molecule has 0 bridgehead atoms. The van der Waals surface area contributed by atoms with Crippen molar-refractivity contribution >= 4 is 22.9 Å². The fraction of sp³-hybridized carbons (Fsp3) is 0.0952. The largest absolute Gasteiger partial charge is 0.377 e. The molecule has 0 saturated heterocycles. The van der Waals surface area contributed by atoms with Crippen LogP contribution in [0, 0.1) is 11.3 Å². The van der Waals surface area contributed by atoms with Crippen molar-refractivity contribution in [2.45, 2.75) is 13.1 Å². The van der Waals surface area contributed by atoms with E-state index in [-0.39, 0.29) is 6.54 Å². The van der Waals surface area contributed by atoms with Crippen molar-refractivity contribution in [3.05, 3.63) is 83.0 Å². The molecule has 1 aromatic carbocycles. The molecular formula is C21H17ClN6. The maximum Gasteiger partial charge on any atom is 0.161 e. The fourth-order valence-electron chi connectivity index (χ4n) is 3.33. The van der Waals surface area contributed by atoms with E-state index >= 15 is 0 Å². The maximum atomic E-state index is 10.0. The van der Waals surface area contributed by atoms with Crippen molar-refractivity contribution in [3.8, 4) is 17.2 Å². The van der Waals surface area contributed by atoms with E-state index in [1.54, 1.807) is 24.7 Å². The number of aromatic nitrogens is 3. The highest BCUT2D eigenvalue weighted by molar-refractivity contribution is 6.33. The number of halogens is 1. The summed E-state index contributed by atoms with van der Waals surface area (Å²) in [6.07, 6.45) is 7.04. The molecule has 4 aromatic rings. The van der Waals surface area contributed by atoms with Gasteiger partial charge in [0.05, 0.1) is 11.3 Å². The van der Waals surface area contributed by atoms with E-state index in [0.717, 1.165) is 22.4 Å². The molecule has 0 aliphatic heterocycles. The number of benzene rings is 1. The van der Waals surface area contributed by atoms with Crippen LogP contribution in [0.25, 0.3) is 16.8 Å². The van der Waals surface area contributed by atoms with Crippen LogP contribution in [0.5, 0.6) is 0 Å². The summed E-state index contributed by atoms with van der Waals surface area (Å²) in [5.74, 6) is 0. The standard InChI is InChI=1S/C21H17ClN6/c22-17-6-2-1-5-15(17)19-16(10-23)20(27-13-14-4-3-7-25-12-14)21-26-8-9-28(21)18(19)11-24/h1-9,12,27H,11,13,24H2. The van der Waals surface area contributed by atoms with Crippen LogP contribution in [0.15, 0.2) is 61.2 Å². The summed E-state index contributed by atoms with van der Waals surface area (Å²) >= 11 is 6.46.